The molecule has 16 aromatic carbocycles. The second-order valence-corrected chi connectivity index (χ2v) is 27.0. The van der Waals surface area contributed by atoms with Crippen molar-refractivity contribution in [1.82, 2.24) is 0 Å². The second kappa shape index (κ2) is 28.7. The molecule has 1 fully saturated rings. The number of hydrogen-bond acceptors (Lipinski definition) is 2. The topological polar surface area (TPSA) is 18.5 Å². The Morgan fingerprint density at radius 3 is 0.768 bits per heavy atom. The summed E-state index contributed by atoms with van der Waals surface area (Å²) in [6.07, 6.45) is 0. The van der Waals surface area contributed by atoms with E-state index < -0.39 is 18.3 Å². The van der Waals surface area contributed by atoms with Crippen LogP contribution in [0.15, 0.2) is 368 Å². The van der Waals surface area contributed by atoms with E-state index in [0.29, 0.717) is 0 Å². The third-order valence-electron chi connectivity index (χ3n) is 19.6. The summed E-state index contributed by atoms with van der Waals surface area (Å²) < 4.78 is 14.2. The van der Waals surface area contributed by atoms with Gasteiger partial charge in [0.2, 0.25) is 0 Å². The molecule has 1 aliphatic heterocycles. The van der Waals surface area contributed by atoms with Crippen LogP contribution in [0.25, 0.3) is 109 Å². The summed E-state index contributed by atoms with van der Waals surface area (Å²) in [6, 6.07) is 130. The monoisotopic (exact) mass is 1340 g/mol. The van der Waals surface area contributed by atoms with Crippen LogP contribution in [-0.2, 0) is 9.31 Å². The maximum atomic E-state index is 6.52. The predicted molar refractivity (Wildman–Crippen MR) is 430 cm³/mol. The Hall–Kier alpha value is -10.9. The molecule has 99 heavy (non-hydrogen) atoms. The van der Waals surface area contributed by atoms with Gasteiger partial charge >= 0.3 is 7.12 Å². The lowest BCUT2D eigenvalue weighted by molar-refractivity contribution is 0.00578. The molecule has 2 nitrogen and oxygen atoms in total. The van der Waals surface area contributed by atoms with Gasteiger partial charge in [0.15, 0.2) is 0 Å². The summed E-state index contributed by atoms with van der Waals surface area (Å²) >= 11 is 3.52. The first-order chi connectivity index (χ1) is 48.0. The summed E-state index contributed by atoms with van der Waals surface area (Å²) in [4.78, 5) is 0. The zero-order valence-electron chi connectivity index (χ0n) is 56.0. The van der Waals surface area contributed by atoms with Gasteiger partial charge in [-0.15, -0.1) is 0 Å². The van der Waals surface area contributed by atoms with Gasteiger partial charge in [-0.05, 0) is 200 Å². The minimum atomic E-state index is -0.460. The van der Waals surface area contributed by atoms with Crippen LogP contribution in [0.2, 0.25) is 0 Å². The summed E-state index contributed by atoms with van der Waals surface area (Å²) in [5.74, 6) is 0. The van der Waals surface area contributed by atoms with Crippen molar-refractivity contribution in [2.24, 2.45) is 0 Å². The summed E-state index contributed by atoms with van der Waals surface area (Å²) in [6.45, 7) is 8.39. The Morgan fingerprint density at radius 1 is 0.242 bits per heavy atom. The molecule has 0 unspecified atom stereocenters. The lowest BCUT2D eigenvalue weighted by atomic mass is 9.69. The second-order valence-electron chi connectivity index (χ2n) is 26.1. The van der Waals surface area contributed by atoms with Crippen LogP contribution in [0, 0.1) is 0 Å². The van der Waals surface area contributed by atoms with Crippen molar-refractivity contribution in [3.8, 4) is 22.3 Å². The molecule has 475 valence electrons. The van der Waals surface area contributed by atoms with Gasteiger partial charge in [0.25, 0.3) is 0 Å². The maximum absolute atomic E-state index is 6.52. The van der Waals surface area contributed by atoms with E-state index in [0.717, 1.165) is 32.2 Å². The summed E-state index contributed by atoms with van der Waals surface area (Å²) in [7, 11) is -0.460. The van der Waals surface area contributed by atoms with Crippen LogP contribution in [0.3, 0.4) is 0 Å². The van der Waals surface area contributed by atoms with Gasteiger partial charge in [0.1, 0.15) is 0 Å². The average molecular weight is 1340 g/mol. The molecule has 1 aliphatic rings. The molecule has 0 bridgehead atoms. The lowest BCUT2D eigenvalue weighted by Crippen LogP contribution is -2.41. The molecule has 5 heteroatoms. The molecule has 17 rings (SSSR count). The first-order valence-electron chi connectivity index (χ1n) is 33.7. The molecule has 1 saturated heterocycles. The number of rotatable bonds is 10. The predicted octanol–water partition coefficient (Wildman–Crippen LogP) is 25.5. The molecule has 1 heterocycles. The van der Waals surface area contributed by atoms with E-state index in [9.17, 15) is 0 Å². The molecule has 0 N–H and O–H groups in total. The van der Waals surface area contributed by atoms with Gasteiger partial charge in [-0.1, -0.05) is 356 Å². The van der Waals surface area contributed by atoms with Gasteiger partial charge in [-0.2, -0.15) is 0 Å². The molecule has 3 radical (unpaired) electrons. The minimum absolute atomic E-state index is 0. The number of benzene rings is 16. The Labute approximate surface area is 593 Å². The van der Waals surface area contributed by atoms with E-state index in [1.54, 1.807) is 0 Å². The van der Waals surface area contributed by atoms with E-state index in [4.69, 9.17) is 9.31 Å². The van der Waals surface area contributed by atoms with Gasteiger partial charge in [0.05, 0.1) is 11.2 Å². The molecular formula is C94H74B2BrO2. The third-order valence-corrected chi connectivity index (χ3v) is 20.1. The largest absolute Gasteiger partial charge is 0.496 e. The van der Waals surface area contributed by atoms with Gasteiger partial charge in [0, 0.05) is 14.3 Å². The Morgan fingerprint density at radius 2 is 0.465 bits per heavy atom. The van der Waals surface area contributed by atoms with E-state index in [1.807, 2.05) is 18.2 Å². The van der Waals surface area contributed by atoms with Crippen molar-refractivity contribution >= 4 is 118 Å². The fourth-order valence-electron chi connectivity index (χ4n) is 14.0. The van der Waals surface area contributed by atoms with Crippen molar-refractivity contribution in [2.75, 3.05) is 0 Å². The highest BCUT2D eigenvalue weighted by Crippen LogP contribution is 2.46. The van der Waals surface area contributed by atoms with Crippen molar-refractivity contribution < 1.29 is 10.7 Å². The molecule has 0 amide bonds. The van der Waals surface area contributed by atoms with Crippen LogP contribution in [0.4, 0.5) is 0 Å². The number of halogens is 1. The molecule has 0 saturated carbocycles. The SMILES string of the molecule is Brc1ccc(-c2ccc3c4ccccc4c4ccccc4c3c2)cc1.CC1(C)OB(C(=C(c2ccccc2)c2ccccc2)c2ccccc2)OC1(C)C.[2HH].[B].c1ccc(C(=C(c2ccccc2)c2ccc(-c3ccc4c5ccccc5c5ccccc5c4c3)cc2)c2ccccc2)cc1. The fourth-order valence-corrected chi connectivity index (χ4v) is 14.3. The van der Waals surface area contributed by atoms with Crippen molar-refractivity contribution in [2.45, 2.75) is 38.9 Å². The standard InChI is InChI=1S/C44H30.C26H27BO2.C24H15Br.B.H2/c1-4-14-32(15-5-1)43(33-16-6-2-7-17-33)44(34-18-8-3-9-19-34)35-26-24-31(25-27-35)36-28-29-41-39-22-11-10-20-37(39)38-21-12-13-23-40(38)42(41)30-36;1-25(2)26(3,4)29-27(28-25)24(22-18-12-7-13-19-22)23(20-14-8-5-9-15-20)21-16-10-6-11-17-21;25-18-12-9-16(10-13-18)17-11-14-23-21-7-2-1-5-19(21)20-6-3-4-8-22(20)24(23)15-17;;/h1-30H;5-19H,1-4H3;1-15H;;1H/i;;;;1+1. The zero-order chi connectivity index (χ0) is 66.6. The highest BCUT2D eigenvalue weighted by atomic mass is 79.9. The highest BCUT2D eigenvalue weighted by molar-refractivity contribution is 9.10. The Balaban J connectivity index is 0.000000140. The molecule has 16 aromatic rings. The summed E-state index contributed by atoms with van der Waals surface area (Å²) in [5, 5.41) is 15.7. The zero-order valence-corrected chi connectivity index (χ0v) is 57.6. The molecule has 0 spiro atoms. The van der Waals surface area contributed by atoms with Crippen molar-refractivity contribution in [1.29, 1.82) is 0 Å². The first-order valence-corrected chi connectivity index (χ1v) is 34.5. The first kappa shape index (κ1) is 65.4. The molecule has 0 atom stereocenters. The molecule has 0 aliphatic carbocycles. The van der Waals surface area contributed by atoms with Crippen LogP contribution in [-0.4, -0.2) is 26.7 Å². The minimum Gasteiger partial charge on any atom is -0.399 e. The Bertz CT molecular complexity index is 5420. The van der Waals surface area contributed by atoms with Crippen LogP contribution >= 0.6 is 15.9 Å². The lowest BCUT2D eigenvalue weighted by Gasteiger charge is -2.32. The quantitative estimate of drug-likeness (QED) is 0.0772. The fraction of sp³-hybridized carbons (Fsp3) is 0.0638. The third kappa shape index (κ3) is 13.3. The maximum Gasteiger partial charge on any atom is 0.496 e. The average Bonchev–Trinajstić information content (AvgIpc) is 0.832. The molecule has 0 aromatic heterocycles. The van der Waals surface area contributed by atoms with Crippen LogP contribution < -0.4 is 0 Å². The molecular weight excluding hydrogens is 1260 g/mol. The van der Waals surface area contributed by atoms with Gasteiger partial charge in [-0.25, -0.2) is 0 Å². The van der Waals surface area contributed by atoms with Crippen molar-refractivity contribution in [3.05, 3.63) is 407 Å². The van der Waals surface area contributed by atoms with Crippen LogP contribution in [0.1, 0.15) is 68.1 Å². The Kier molecular flexibility index (Phi) is 18.9. The van der Waals surface area contributed by atoms with E-state index in [-0.39, 0.29) is 9.84 Å². The van der Waals surface area contributed by atoms with Gasteiger partial charge < -0.3 is 9.31 Å². The van der Waals surface area contributed by atoms with Gasteiger partial charge in [-0.3, -0.25) is 0 Å². The van der Waals surface area contributed by atoms with E-state index in [1.165, 1.54) is 120 Å². The number of fused-ring (bicyclic) bond motifs is 12. The van der Waals surface area contributed by atoms with E-state index in [2.05, 4.69) is 389 Å². The number of hydrogen-bond donors (Lipinski definition) is 0. The van der Waals surface area contributed by atoms with Crippen LogP contribution in [0.5, 0.6) is 0 Å². The smallest absolute Gasteiger partial charge is 0.399 e. The summed E-state index contributed by atoms with van der Waals surface area (Å²) in [5.41, 5.74) is 17.0. The normalized spacial score (nSPS) is 12.9. The highest BCUT2D eigenvalue weighted by Gasteiger charge is 2.53. The van der Waals surface area contributed by atoms with E-state index >= 15 is 0 Å². The van der Waals surface area contributed by atoms with Crippen molar-refractivity contribution in [3.63, 3.8) is 0 Å².